The van der Waals surface area contributed by atoms with E-state index in [-0.39, 0.29) is 16.3 Å². The van der Waals surface area contributed by atoms with Crippen LogP contribution in [0.3, 0.4) is 0 Å². The van der Waals surface area contributed by atoms with Gasteiger partial charge in [0.1, 0.15) is 11.5 Å². The number of phenols is 1. The van der Waals surface area contributed by atoms with E-state index in [0.29, 0.717) is 17.0 Å². The number of anilines is 1. The van der Waals surface area contributed by atoms with Crippen LogP contribution in [0.15, 0.2) is 71.8 Å². The zero-order valence-electron chi connectivity index (χ0n) is 16.9. The Morgan fingerprint density at radius 1 is 1.09 bits per heavy atom. The first kappa shape index (κ1) is 22.4. The standard InChI is InChI=1S/C24H18ClN3O4/c1-32-22-14-19(27-23(30)12-7-16-5-3-2-4-6-16)10-8-18(22)15-26-28-24(31)17-9-11-21(29)20(25)13-17/h2-6,8-11,13-15,29H,1H3,(H,27,30)(H,28,31)/b26-15+. The molecule has 0 aliphatic heterocycles. The van der Waals surface area contributed by atoms with Gasteiger partial charge < -0.3 is 15.2 Å². The number of nitrogens with zero attached hydrogens (tertiary/aromatic N) is 1. The largest absolute Gasteiger partial charge is 0.506 e. The molecule has 0 aromatic heterocycles. The van der Waals surface area contributed by atoms with Crippen LogP contribution in [-0.2, 0) is 4.79 Å². The molecule has 0 aliphatic carbocycles. The highest BCUT2D eigenvalue weighted by Crippen LogP contribution is 2.24. The molecule has 3 N–H and O–H groups in total. The van der Waals surface area contributed by atoms with Crippen molar-refractivity contribution in [1.29, 1.82) is 0 Å². The van der Waals surface area contributed by atoms with E-state index >= 15 is 0 Å². The second kappa shape index (κ2) is 10.7. The van der Waals surface area contributed by atoms with E-state index in [2.05, 4.69) is 27.7 Å². The van der Waals surface area contributed by atoms with Gasteiger partial charge in [-0.2, -0.15) is 5.10 Å². The van der Waals surface area contributed by atoms with Crippen LogP contribution in [0, 0.1) is 11.8 Å². The van der Waals surface area contributed by atoms with E-state index in [1.807, 2.05) is 30.3 Å². The van der Waals surface area contributed by atoms with Gasteiger partial charge in [0.2, 0.25) is 0 Å². The predicted octanol–water partition coefficient (Wildman–Crippen LogP) is 3.81. The monoisotopic (exact) mass is 447 g/mol. The van der Waals surface area contributed by atoms with Crippen LogP contribution in [-0.4, -0.2) is 30.2 Å². The molecule has 0 unspecified atom stereocenters. The maximum atomic E-state index is 12.1. The van der Waals surface area contributed by atoms with Crippen molar-refractivity contribution in [2.75, 3.05) is 12.4 Å². The second-order valence-electron chi connectivity index (χ2n) is 6.39. The number of rotatable bonds is 5. The third-order valence-corrected chi connectivity index (χ3v) is 4.47. The normalized spacial score (nSPS) is 10.2. The van der Waals surface area contributed by atoms with E-state index in [1.54, 1.807) is 18.2 Å². The molecule has 0 atom stereocenters. The third-order valence-electron chi connectivity index (χ3n) is 4.17. The minimum Gasteiger partial charge on any atom is -0.506 e. The van der Waals surface area contributed by atoms with Crippen LogP contribution in [0.2, 0.25) is 5.02 Å². The molecule has 0 aliphatic rings. The number of benzene rings is 3. The van der Waals surface area contributed by atoms with Gasteiger partial charge in [0.25, 0.3) is 5.91 Å². The Morgan fingerprint density at radius 2 is 1.88 bits per heavy atom. The average molecular weight is 448 g/mol. The average Bonchev–Trinajstić information content (AvgIpc) is 2.80. The summed E-state index contributed by atoms with van der Waals surface area (Å²) >= 11 is 5.81. The lowest BCUT2D eigenvalue weighted by Gasteiger charge is -2.08. The molecule has 3 aromatic carbocycles. The summed E-state index contributed by atoms with van der Waals surface area (Å²) in [6.07, 6.45) is 1.40. The Kier molecular flexibility index (Phi) is 7.46. The number of carbonyl (C=O) groups is 2. The van der Waals surface area contributed by atoms with Gasteiger partial charge in [0.15, 0.2) is 0 Å². The summed E-state index contributed by atoms with van der Waals surface area (Å²) in [4.78, 5) is 24.2. The lowest BCUT2D eigenvalue weighted by molar-refractivity contribution is -0.111. The topological polar surface area (TPSA) is 100 Å². The number of hydrogen-bond donors (Lipinski definition) is 3. The summed E-state index contributed by atoms with van der Waals surface area (Å²) in [5, 5.41) is 16.1. The van der Waals surface area contributed by atoms with Gasteiger partial charge in [-0.15, -0.1) is 0 Å². The highest BCUT2D eigenvalue weighted by Gasteiger charge is 2.08. The summed E-state index contributed by atoms with van der Waals surface area (Å²) in [7, 11) is 1.48. The number of halogens is 1. The van der Waals surface area contributed by atoms with E-state index in [1.165, 1.54) is 31.5 Å². The number of carbonyl (C=O) groups excluding carboxylic acids is 2. The maximum Gasteiger partial charge on any atom is 0.300 e. The molecule has 0 spiro atoms. The fourth-order valence-corrected chi connectivity index (χ4v) is 2.76. The van der Waals surface area contributed by atoms with Crippen molar-refractivity contribution in [3.05, 3.63) is 88.4 Å². The molecule has 0 fully saturated rings. The quantitative estimate of drug-likeness (QED) is 0.314. The van der Waals surface area contributed by atoms with Crippen molar-refractivity contribution in [3.8, 4) is 23.3 Å². The Balaban J connectivity index is 1.64. The molecule has 3 rings (SSSR count). The lowest BCUT2D eigenvalue weighted by Crippen LogP contribution is -2.17. The Bertz CT molecular complexity index is 1230. The van der Waals surface area contributed by atoms with Crippen LogP contribution in [0.4, 0.5) is 5.69 Å². The van der Waals surface area contributed by atoms with Gasteiger partial charge in [-0.1, -0.05) is 35.7 Å². The van der Waals surface area contributed by atoms with E-state index in [0.717, 1.165) is 5.56 Å². The van der Waals surface area contributed by atoms with Crippen molar-refractivity contribution in [2.45, 2.75) is 0 Å². The van der Waals surface area contributed by atoms with Gasteiger partial charge in [0.05, 0.1) is 18.3 Å². The van der Waals surface area contributed by atoms with Gasteiger partial charge in [-0.25, -0.2) is 5.43 Å². The van der Waals surface area contributed by atoms with Gasteiger partial charge in [-0.05, 0) is 42.5 Å². The summed E-state index contributed by atoms with van der Waals surface area (Å²) in [6, 6.07) is 18.2. The van der Waals surface area contributed by atoms with Crippen LogP contribution < -0.4 is 15.5 Å². The fourth-order valence-electron chi connectivity index (χ4n) is 2.58. The maximum absolute atomic E-state index is 12.1. The number of aromatic hydroxyl groups is 1. The Morgan fingerprint density at radius 3 is 2.59 bits per heavy atom. The summed E-state index contributed by atoms with van der Waals surface area (Å²) in [6.45, 7) is 0. The van der Waals surface area contributed by atoms with E-state index < -0.39 is 11.8 Å². The zero-order chi connectivity index (χ0) is 22.9. The summed E-state index contributed by atoms with van der Waals surface area (Å²) < 4.78 is 5.33. The second-order valence-corrected chi connectivity index (χ2v) is 6.80. The molecule has 8 heteroatoms. The van der Waals surface area contributed by atoms with Gasteiger partial charge in [-0.3, -0.25) is 9.59 Å². The Labute approximate surface area is 189 Å². The fraction of sp³-hybridized carbons (Fsp3) is 0.0417. The minimum atomic E-state index is -0.497. The van der Waals surface area contributed by atoms with Crippen molar-refractivity contribution >= 4 is 35.3 Å². The third kappa shape index (κ3) is 6.11. The van der Waals surface area contributed by atoms with Crippen LogP contribution in [0.5, 0.6) is 11.5 Å². The molecule has 160 valence electrons. The molecule has 0 saturated carbocycles. The lowest BCUT2D eigenvalue weighted by atomic mass is 10.2. The molecule has 0 bridgehead atoms. The molecule has 0 saturated heterocycles. The number of amides is 2. The highest BCUT2D eigenvalue weighted by molar-refractivity contribution is 6.32. The first-order valence-electron chi connectivity index (χ1n) is 9.34. The molecule has 2 amide bonds. The summed E-state index contributed by atoms with van der Waals surface area (Å²) in [5.41, 5.74) is 4.42. The smallest absolute Gasteiger partial charge is 0.300 e. The minimum absolute atomic E-state index is 0.0643. The number of nitrogens with one attached hydrogen (secondary N) is 2. The predicted molar refractivity (Wildman–Crippen MR) is 123 cm³/mol. The molecule has 0 heterocycles. The highest BCUT2D eigenvalue weighted by atomic mass is 35.5. The summed E-state index contributed by atoms with van der Waals surface area (Å²) in [5.74, 6) is 4.68. The van der Waals surface area contributed by atoms with Crippen molar-refractivity contribution in [1.82, 2.24) is 5.43 Å². The van der Waals surface area contributed by atoms with Crippen LogP contribution >= 0.6 is 11.6 Å². The first-order chi connectivity index (χ1) is 15.5. The van der Waals surface area contributed by atoms with Crippen molar-refractivity contribution in [2.24, 2.45) is 5.10 Å². The van der Waals surface area contributed by atoms with Crippen molar-refractivity contribution < 1.29 is 19.4 Å². The molecular formula is C24H18ClN3O4. The number of phenolic OH excluding ortho intramolecular Hbond substituents is 1. The van der Waals surface area contributed by atoms with Crippen LogP contribution in [0.1, 0.15) is 21.5 Å². The molecule has 0 radical (unpaired) electrons. The van der Waals surface area contributed by atoms with Crippen molar-refractivity contribution in [3.63, 3.8) is 0 Å². The molecular weight excluding hydrogens is 430 g/mol. The van der Waals surface area contributed by atoms with E-state index in [9.17, 15) is 14.7 Å². The SMILES string of the molecule is COc1cc(NC(=O)C#Cc2ccccc2)ccc1/C=N/NC(=O)c1ccc(O)c(Cl)c1. The zero-order valence-corrected chi connectivity index (χ0v) is 17.7. The van der Waals surface area contributed by atoms with Gasteiger partial charge >= 0.3 is 5.91 Å². The number of hydrogen-bond acceptors (Lipinski definition) is 5. The number of ether oxygens (including phenoxy) is 1. The Hall–Kier alpha value is -4.28. The molecule has 7 nitrogen and oxygen atoms in total. The molecule has 3 aromatic rings. The molecule has 32 heavy (non-hydrogen) atoms. The number of methoxy groups -OCH3 is 1. The first-order valence-corrected chi connectivity index (χ1v) is 9.72. The van der Waals surface area contributed by atoms with Crippen LogP contribution in [0.25, 0.3) is 0 Å². The number of hydrazone groups is 1. The van der Waals surface area contributed by atoms with Gasteiger partial charge in [0, 0.05) is 34.4 Å². The van der Waals surface area contributed by atoms with E-state index in [4.69, 9.17) is 16.3 Å².